The van der Waals surface area contributed by atoms with E-state index >= 15 is 0 Å². The Bertz CT molecular complexity index is 935. The molecule has 0 saturated carbocycles. The van der Waals surface area contributed by atoms with Crippen molar-refractivity contribution in [1.29, 1.82) is 0 Å². The fraction of sp³-hybridized carbons (Fsp3) is 0.273. The normalized spacial score (nSPS) is 14.3. The van der Waals surface area contributed by atoms with Crippen LogP contribution in [-0.4, -0.2) is 40.7 Å². The van der Waals surface area contributed by atoms with Gasteiger partial charge in [-0.05, 0) is 24.1 Å². The summed E-state index contributed by atoms with van der Waals surface area (Å²) in [5, 5.41) is 7.82. The van der Waals surface area contributed by atoms with E-state index in [1.807, 2.05) is 30.3 Å². The molecule has 0 aliphatic carbocycles. The lowest BCUT2D eigenvalue weighted by molar-refractivity contribution is -0.119. The monoisotopic (exact) mass is 376 g/mol. The van der Waals surface area contributed by atoms with E-state index in [1.165, 1.54) is 22.4 Å². The molecule has 0 radical (unpaired) electrons. The van der Waals surface area contributed by atoms with Crippen LogP contribution >= 0.6 is 0 Å². The lowest BCUT2D eigenvalue weighted by atomic mass is 10.0. The molecule has 144 valence electrons. The predicted octanol–water partition coefficient (Wildman–Crippen LogP) is 2.54. The van der Waals surface area contributed by atoms with Crippen LogP contribution in [0.1, 0.15) is 16.8 Å². The molecule has 1 aliphatic rings. The van der Waals surface area contributed by atoms with Crippen LogP contribution in [-0.2, 0) is 24.2 Å². The quantitative estimate of drug-likeness (QED) is 0.692. The first-order chi connectivity index (χ1) is 13.7. The highest BCUT2D eigenvalue weighted by Crippen LogP contribution is 2.27. The molecule has 2 aromatic carbocycles. The van der Waals surface area contributed by atoms with E-state index in [9.17, 15) is 4.79 Å². The number of nitrogens with two attached hydrogens (primary N) is 1. The number of H-pyrrole nitrogens is 1. The number of benzene rings is 2. The molecule has 0 unspecified atom stereocenters. The third-order valence-electron chi connectivity index (χ3n) is 5.07. The summed E-state index contributed by atoms with van der Waals surface area (Å²) in [6.07, 6.45) is 1.95. The highest BCUT2D eigenvalue weighted by Gasteiger charge is 2.20. The van der Waals surface area contributed by atoms with Crippen LogP contribution < -0.4 is 10.5 Å². The number of amides is 1. The molecular formula is C22H24N4O2. The average molecular weight is 376 g/mol. The first-order valence-electron chi connectivity index (χ1n) is 9.53. The molecule has 3 aromatic rings. The maximum Gasteiger partial charge on any atom is 0.255 e. The Morgan fingerprint density at radius 3 is 2.57 bits per heavy atom. The van der Waals surface area contributed by atoms with E-state index in [4.69, 9.17) is 10.5 Å². The molecule has 1 amide bonds. The van der Waals surface area contributed by atoms with Crippen molar-refractivity contribution in [3.05, 3.63) is 71.4 Å². The van der Waals surface area contributed by atoms with Crippen LogP contribution in [0.4, 0.5) is 0 Å². The summed E-state index contributed by atoms with van der Waals surface area (Å²) in [6.45, 7) is 2.77. The highest BCUT2D eigenvalue weighted by molar-refractivity contribution is 5.75. The van der Waals surface area contributed by atoms with Gasteiger partial charge in [0.25, 0.3) is 5.91 Å². The summed E-state index contributed by atoms with van der Waals surface area (Å²) in [5.41, 5.74) is 11.2. The van der Waals surface area contributed by atoms with Gasteiger partial charge in [0.1, 0.15) is 5.75 Å². The molecule has 6 heteroatoms. The van der Waals surface area contributed by atoms with Crippen molar-refractivity contribution in [3.63, 3.8) is 0 Å². The maximum absolute atomic E-state index is 10.8. The van der Waals surface area contributed by atoms with E-state index < -0.39 is 5.91 Å². The van der Waals surface area contributed by atoms with Crippen LogP contribution in [0.2, 0.25) is 0 Å². The molecule has 0 fully saturated rings. The summed E-state index contributed by atoms with van der Waals surface area (Å²) in [6, 6.07) is 18.2. The van der Waals surface area contributed by atoms with Gasteiger partial charge in [-0.3, -0.25) is 14.8 Å². The van der Waals surface area contributed by atoms with Gasteiger partial charge in [0.15, 0.2) is 6.61 Å². The molecule has 0 bridgehead atoms. The van der Waals surface area contributed by atoms with Gasteiger partial charge in [0, 0.05) is 42.9 Å². The van der Waals surface area contributed by atoms with Crippen LogP contribution in [0.3, 0.4) is 0 Å². The van der Waals surface area contributed by atoms with E-state index in [0.29, 0.717) is 5.75 Å². The number of aromatic nitrogens is 2. The predicted molar refractivity (Wildman–Crippen MR) is 108 cm³/mol. The SMILES string of the molecule is NC(=O)COc1ccc(CN2CCc3[nH]nc(-c4ccccc4)c3CC2)cc1. The number of nitrogens with one attached hydrogen (secondary N) is 1. The summed E-state index contributed by atoms with van der Waals surface area (Å²) in [4.78, 5) is 13.3. The number of primary amides is 1. The van der Waals surface area contributed by atoms with Crippen molar-refractivity contribution in [1.82, 2.24) is 15.1 Å². The lowest BCUT2D eigenvalue weighted by Crippen LogP contribution is -2.26. The van der Waals surface area contributed by atoms with Gasteiger partial charge >= 0.3 is 0 Å². The number of hydrogen-bond donors (Lipinski definition) is 2. The molecule has 0 spiro atoms. The number of ether oxygens (including phenoxy) is 1. The smallest absolute Gasteiger partial charge is 0.255 e. The zero-order valence-corrected chi connectivity index (χ0v) is 15.7. The van der Waals surface area contributed by atoms with E-state index in [-0.39, 0.29) is 6.61 Å². The number of carbonyl (C=O) groups excluding carboxylic acids is 1. The van der Waals surface area contributed by atoms with Crippen molar-refractivity contribution >= 4 is 5.91 Å². The number of aromatic amines is 1. The van der Waals surface area contributed by atoms with Crippen LogP contribution in [0.25, 0.3) is 11.3 Å². The maximum atomic E-state index is 10.8. The number of carbonyl (C=O) groups is 1. The molecule has 1 aromatic heterocycles. The Hall–Kier alpha value is -3.12. The van der Waals surface area contributed by atoms with Crippen LogP contribution in [0.15, 0.2) is 54.6 Å². The van der Waals surface area contributed by atoms with E-state index in [0.717, 1.165) is 38.2 Å². The van der Waals surface area contributed by atoms with Gasteiger partial charge < -0.3 is 10.5 Å². The highest BCUT2D eigenvalue weighted by atomic mass is 16.5. The molecular weight excluding hydrogens is 352 g/mol. The van der Waals surface area contributed by atoms with Crippen LogP contribution in [0, 0.1) is 0 Å². The Labute approximate surface area is 164 Å². The fourth-order valence-corrected chi connectivity index (χ4v) is 3.63. The molecule has 0 saturated heterocycles. The van der Waals surface area contributed by atoms with Crippen molar-refractivity contribution in [2.75, 3.05) is 19.7 Å². The van der Waals surface area contributed by atoms with Gasteiger partial charge in [0.2, 0.25) is 0 Å². The summed E-state index contributed by atoms with van der Waals surface area (Å²) >= 11 is 0. The number of nitrogens with zero attached hydrogens (tertiary/aromatic N) is 2. The zero-order valence-electron chi connectivity index (χ0n) is 15.7. The fourth-order valence-electron chi connectivity index (χ4n) is 3.63. The molecule has 28 heavy (non-hydrogen) atoms. The Morgan fingerprint density at radius 1 is 1.07 bits per heavy atom. The Balaban J connectivity index is 1.39. The molecule has 1 aliphatic heterocycles. The second kappa shape index (κ2) is 8.27. The third kappa shape index (κ3) is 4.23. The minimum Gasteiger partial charge on any atom is -0.484 e. The molecule has 0 atom stereocenters. The second-order valence-corrected chi connectivity index (χ2v) is 7.07. The summed E-state index contributed by atoms with van der Waals surface area (Å²) < 4.78 is 5.32. The minimum absolute atomic E-state index is 0.0962. The average Bonchev–Trinajstić information content (AvgIpc) is 3.02. The summed E-state index contributed by atoms with van der Waals surface area (Å²) in [7, 11) is 0. The van der Waals surface area contributed by atoms with Gasteiger partial charge in [-0.1, -0.05) is 42.5 Å². The van der Waals surface area contributed by atoms with Crippen molar-refractivity contribution < 1.29 is 9.53 Å². The number of hydrogen-bond acceptors (Lipinski definition) is 4. The van der Waals surface area contributed by atoms with Crippen molar-refractivity contribution in [2.24, 2.45) is 5.73 Å². The van der Waals surface area contributed by atoms with Gasteiger partial charge in [-0.15, -0.1) is 0 Å². The first-order valence-corrected chi connectivity index (χ1v) is 9.53. The second-order valence-electron chi connectivity index (χ2n) is 7.07. The van der Waals surface area contributed by atoms with Gasteiger partial charge in [-0.2, -0.15) is 5.10 Å². The van der Waals surface area contributed by atoms with Gasteiger partial charge in [-0.25, -0.2) is 0 Å². The molecule has 3 N–H and O–H groups in total. The molecule has 6 nitrogen and oxygen atoms in total. The van der Waals surface area contributed by atoms with Crippen molar-refractivity contribution in [2.45, 2.75) is 19.4 Å². The molecule has 4 rings (SSSR count). The van der Waals surface area contributed by atoms with Crippen LogP contribution in [0.5, 0.6) is 5.75 Å². The number of rotatable bonds is 6. The minimum atomic E-state index is -0.471. The summed E-state index contributed by atoms with van der Waals surface area (Å²) in [5.74, 6) is 0.188. The zero-order chi connectivity index (χ0) is 19.3. The lowest BCUT2D eigenvalue weighted by Gasteiger charge is -2.20. The van der Waals surface area contributed by atoms with Crippen molar-refractivity contribution in [3.8, 4) is 17.0 Å². The van der Waals surface area contributed by atoms with Gasteiger partial charge in [0.05, 0.1) is 5.69 Å². The standard InChI is InChI=1S/C22H24N4O2/c23-21(27)15-28-18-8-6-16(7-9-18)14-26-12-10-19-20(11-13-26)24-25-22(19)17-4-2-1-3-5-17/h1-9H,10-15H2,(H2,23,27)(H,24,25). The Kier molecular flexibility index (Phi) is 5.39. The topological polar surface area (TPSA) is 84.2 Å². The van der Waals surface area contributed by atoms with E-state index in [1.54, 1.807) is 0 Å². The molecule has 2 heterocycles. The first kappa shape index (κ1) is 18.3. The Morgan fingerprint density at radius 2 is 1.82 bits per heavy atom. The largest absolute Gasteiger partial charge is 0.484 e. The third-order valence-corrected chi connectivity index (χ3v) is 5.07. The number of fused-ring (bicyclic) bond motifs is 1. The van der Waals surface area contributed by atoms with E-state index in [2.05, 4.69) is 39.4 Å².